The highest BCUT2D eigenvalue weighted by Gasteiger charge is 2.15. The van der Waals surface area contributed by atoms with E-state index < -0.39 is 10.0 Å². The number of nitrogens with zero attached hydrogens (tertiary/aromatic N) is 1. The molecule has 0 aliphatic rings. The summed E-state index contributed by atoms with van der Waals surface area (Å²) in [5.41, 5.74) is 3.09. The molecule has 24 heavy (non-hydrogen) atoms. The van der Waals surface area contributed by atoms with Crippen LogP contribution in [-0.4, -0.2) is 13.6 Å². The third-order valence-electron chi connectivity index (χ3n) is 3.38. The molecule has 0 amide bonds. The Kier molecular flexibility index (Phi) is 4.59. The molecule has 1 aromatic heterocycles. The first-order valence-electron chi connectivity index (χ1n) is 7.20. The van der Waals surface area contributed by atoms with E-state index in [1.54, 1.807) is 36.4 Å². The quantitative estimate of drug-likeness (QED) is 0.736. The van der Waals surface area contributed by atoms with Crippen LogP contribution in [-0.2, 0) is 15.8 Å². The van der Waals surface area contributed by atoms with Crippen molar-refractivity contribution in [2.24, 2.45) is 0 Å². The van der Waals surface area contributed by atoms with E-state index >= 15 is 0 Å². The molecular formula is C17H15ClN2O3S. The highest BCUT2D eigenvalue weighted by Crippen LogP contribution is 2.24. The predicted molar refractivity (Wildman–Crippen MR) is 94.4 cm³/mol. The van der Waals surface area contributed by atoms with Crippen molar-refractivity contribution < 1.29 is 12.9 Å². The first-order chi connectivity index (χ1) is 11.4. The van der Waals surface area contributed by atoms with Gasteiger partial charge in [-0.15, -0.1) is 0 Å². The van der Waals surface area contributed by atoms with E-state index in [-0.39, 0.29) is 11.6 Å². The number of sulfonamides is 1. The Morgan fingerprint density at radius 3 is 2.42 bits per heavy atom. The van der Waals surface area contributed by atoms with Gasteiger partial charge in [0.05, 0.1) is 5.75 Å². The smallest absolute Gasteiger partial charge is 0.239 e. The molecule has 0 bridgehead atoms. The highest BCUT2D eigenvalue weighted by atomic mass is 35.5. The maximum atomic E-state index is 12.2. The van der Waals surface area contributed by atoms with Crippen LogP contribution in [0.4, 0.5) is 5.88 Å². The highest BCUT2D eigenvalue weighted by molar-refractivity contribution is 7.91. The summed E-state index contributed by atoms with van der Waals surface area (Å²) in [5.74, 6) is -0.0587. The largest absolute Gasteiger partial charge is 0.337 e. The third-order valence-corrected chi connectivity index (χ3v) is 4.86. The Bertz CT molecular complexity index is 933. The van der Waals surface area contributed by atoms with E-state index in [1.807, 2.05) is 19.1 Å². The van der Waals surface area contributed by atoms with Crippen LogP contribution in [0.3, 0.4) is 0 Å². The minimum atomic E-state index is -3.58. The Balaban J connectivity index is 1.73. The van der Waals surface area contributed by atoms with E-state index in [9.17, 15) is 8.42 Å². The first-order valence-corrected chi connectivity index (χ1v) is 9.23. The lowest BCUT2D eigenvalue weighted by molar-refractivity contribution is 0.438. The number of hydrogen-bond acceptors (Lipinski definition) is 4. The van der Waals surface area contributed by atoms with E-state index in [0.717, 1.165) is 11.1 Å². The van der Waals surface area contributed by atoms with Gasteiger partial charge < -0.3 is 4.52 Å². The van der Waals surface area contributed by atoms with Crippen LogP contribution in [0.2, 0.25) is 5.02 Å². The fourth-order valence-electron chi connectivity index (χ4n) is 2.17. The minimum absolute atomic E-state index is 0.0760. The molecular weight excluding hydrogens is 348 g/mol. The van der Waals surface area contributed by atoms with Gasteiger partial charge in [-0.25, -0.2) is 8.42 Å². The number of halogens is 1. The van der Waals surface area contributed by atoms with Crippen LogP contribution in [0, 0.1) is 6.92 Å². The van der Waals surface area contributed by atoms with Gasteiger partial charge in [-0.2, -0.15) is 0 Å². The molecule has 0 atom stereocenters. The second-order valence-corrected chi connectivity index (χ2v) is 7.59. The number of nitrogens with one attached hydrogen (secondary N) is 1. The van der Waals surface area contributed by atoms with E-state index in [2.05, 4.69) is 9.88 Å². The molecule has 0 aliphatic heterocycles. The van der Waals surface area contributed by atoms with Gasteiger partial charge in [-0.05, 0) is 24.6 Å². The summed E-state index contributed by atoms with van der Waals surface area (Å²) >= 11 is 5.84. The number of aromatic nitrogens is 1. The van der Waals surface area contributed by atoms with Crippen LogP contribution >= 0.6 is 11.6 Å². The molecule has 2 aromatic carbocycles. The number of rotatable bonds is 5. The Morgan fingerprint density at radius 2 is 1.75 bits per heavy atom. The van der Waals surface area contributed by atoms with Crippen molar-refractivity contribution in [2.75, 3.05) is 4.72 Å². The van der Waals surface area contributed by atoms with Crippen LogP contribution in [0.15, 0.2) is 59.1 Å². The Hall–Kier alpha value is -2.31. The topological polar surface area (TPSA) is 72.2 Å². The maximum Gasteiger partial charge on any atom is 0.239 e. The number of anilines is 1. The van der Waals surface area contributed by atoms with Crippen molar-refractivity contribution in [1.29, 1.82) is 0 Å². The zero-order valence-corrected chi connectivity index (χ0v) is 14.4. The summed E-state index contributed by atoms with van der Waals surface area (Å²) in [6.45, 7) is 1.95. The predicted octanol–water partition coefficient (Wildman–Crippen LogP) is 4.25. The second kappa shape index (κ2) is 6.67. The van der Waals surface area contributed by atoms with Gasteiger partial charge in [0.1, 0.15) is 5.69 Å². The standard InChI is InChI=1S/C17H15ClN2O3S/c1-12-2-4-13(5-3-12)11-24(21,22)20-17-10-16(19-23-17)14-6-8-15(18)9-7-14/h2-10,20H,11H2,1H3. The van der Waals surface area contributed by atoms with Crippen molar-refractivity contribution in [1.82, 2.24) is 5.16 Å². The summed E-state index contributed by atoms with van der Waals surface area (Å²) in [6, 6.07) is 15.9. The SMILES string of the molecule is Cc1ccc(CS(=O)(=O)Nc2cc(-c3ccc(Cl)cc3)no2)cc1. The van der Waals surface area contributed by atoms with Gasteiger partial charge in [0.2, 0.25) is 15.9 Å². The Labute approximate surface area is 145 Å². The molecule has 3 aromatic rings. The summed E-state index contributed by atoms with van der Waals surface area (Å²) < 4.78 is 31.9. The van der Waals surface area contributed by atoms with Crippen LogP contribution < -0.4 is 4.72 Å². The molecule has 5 nitrogen and oxygen atoms in total. The number of hydrogen-bond donors (Lipinski definition) is 1. The van der Waals surface area contributed by atoms with Crippen molar-refractivity contribution in [3.8, 4) is 11.3 Å². The average Bonchev–Trinajstić information content (AvgIpc) is 2.98. The number of aryl methyl sites for hydroxylation is 1. The van der Waals surface area contributed by atoms with Gasteiger partial charge in [0.15, 0.2) is 0 Å². The molecule has 0 saturated heterocycles. The van der Waals surface area contributed by atoms with Gasteiger partial charge in [-0.3, -0.25) is 4.72 Å². The molecule has 1 N–H and O–H groups in total. The molecule has 0 aliphatic carbocycles. The Morgan fingerprint density at radius 1 is 1.08 bits per heavy atom. The zero-order chi connectivity index (χ0) is 17.2. The van der Waals surface area contributed by atoms with E-state index in [0.29, 0.717) is 16.3 Å². The second-order valence-electron chi connectivity index (χ2n) is 5.43. The lowest BCUT2D eigenvalue weighted by atomic mass is 10.1. The van der Waals surface area contributed by atoms with Crippen molar-refractivity contribution >= 4 is 27.5 Å². The third kappa shape index (κ3) is 4.15. The fourth-order valence-corrected chi connectivity index (χ4v) is 3.41. The monoisotopic (exact) mass is 362 g/mol. The summed E-state index contributed by atoms with van der Waals surface area (Å²) in [4.78, 5) is 0. The summed E-state index contributed by atoms with van der Waals surface area (Å²) in [5, 5.41) is 4.49. The van der Waals surface area contributed by atoms with Crippen LogP contribution in [0.5, 0.6) is 0 Å². The lowest BCUT2D eigenvalue weighted by Gasteiger charge is -2.05. The van der Waals surface area contributed by atoms with E-state index in [4.69, 9.17) is 16.1 Å². The molecule has 0 spiro atoms. The van der Waals surface area contributed by atoms with Gasteiger partial charge in [0, 0.05) is 16.7 Å². The zero-order valence-electron chi connectivity index (χ0n) is 12.9. The normalized spacial score (nSPS) is 11.4. The molecule has 3 rings (SSSR count). The molecule has 0 radical (unpaired) electrons. The van der Waals surface area contributed by atoms with Gasteiger partial charge in [-0.1, -0.05) is 58.7 Å². The summed E-state index contributed by atoms with van der Waals surface area (Å²) in [7, 11) is -3.58. The van der Waals surface area contributed by atoms with Crippen molar-refractivity contribution in [3.05, 3.63) is 70.7 Å². The molecule has 7 heteroatoms. The van der Waals surface area contributed by atoms with Crippen molar-refractivity contribution in [3.63, 3.8) is 0 Å². The molecule has 1 heterocycles. The fraction of sp³-hybridized carbons (Fsp3) is 0.118. The minimum Gasteiger partial charge on any atom is -0.337 e. The molecule has 0 saturated carbocycles. The van der Waals surface area contributed by atoms with Gasteiger partial charge in [0.25, 0.3) is 0 Å². The number of benzene rings is 2. The molecule has 0 fully saturated rings. The maximum absolute atomic E-state index is 12.2. The molecule has 0 unspecified atom stereocenters. The first kappa shape index (κ1) is 16.5. The van der Waals surface area contributed by atoms with Crippen LogP contribution in [0.1, 0.15) is 11.1 Å². The van der Waals surface area contributed by atoms with Crippen LogP contribution in [0.25, 0.3) is 11.3 Å². The summed E-state index contributed by atoms with van der Waals surface area (Å²) in [6.07, 6.45) is 0. The van der Waals surface area contributed by atoms with E-state index in [1.165, 1.54) is 6.07 Å². The molecule has 124 valence electrons. The lowest BCUT2D eigenvalue weighted by Crippen LogP contribution is -2.14. The average molecular weight is 363 g/mol. The van der Waals surface area contributed by atoms with Crippen molar-refractivity contribution in [2.45, 2.75) is 12.7 Å². The van der Waals surface area contributed by atoms with Gasteiger partial charge >= 0.3 is 0 Å².